The van der Waals surface area contributed by atoms with Gasteiger partial charge in [-0.1, -0.05) is 33.8 Å². The number of ether oxygens (including phenoxy) is 4. The molecule has 0 radical (unpaired) electrons. The Labute approximate surface area is 335 Å². The van der Waals surface area contributed by atoms with Crippen LogP contribution >= 0.6 is 0 Å². The molecule has 3 aromatic carbocycles. The molecule has 3 aliphatic rings. The first kappa shape index (κ1) is 39.9. The number of piperidine rings is 1. The third-order valence-electron chi connectivity index (χ3n) is 11.1. The first-order valence-corrected chi connectivity index (χ1v) is 19.4. The lowest BCUT2D eigenvalue weighted by Gasteiger charge is -2.63. The quantitative estimate of drug-likeness (QED) is 0.117. The Bertz CT molecular complexity index is 2320. The predicted octanol–water partition coefficient (Wildman–Crippen LogP) is 5.37. The molecule has 4 aromatic rings. The van der Waals surface area contributed by atoms with Crippen LogP contribution in [0.3, 0.4) is 0 Å². The summed E-state index contributed by atoms with van der Waals surface area (Å²) < 4.78 is 24.1. The predicted molar refractivity (Wildman–Crippen MR) is 210 cm³/mol. The number of hydrogen-bond donors (Lipinski definition) is 2. The molecule has 1 aromatic heterocycles. The maximum absolute atomic E-state index is 13.5. The van der Waals surface area contributed by atoms with E-state index in [1.54, 1.807) is 36.5 Å². The molecule has 1 atom stereocenters. The van der Waals surface area contributed by atoms with Crippen LogP contribution in [0.15, 0.2) is 72.9 Å². The summed E-state index contributed by atoms with van der Waals surface area (Å²) in [4.78, 5) is 68.6. The number of aromatic nitrogens is 1. The second-order valence-corrected chi connectivity index (χ2v) is 15.9. The van der Waals surface area contributed by atoms with Gasteiger partial charge < -0.3 is 24.3 Å². The van der Waals surface area contributed by atoms with Crippen molar-refractivity contribution in [1.82, 2.24) is 20.5 Å². The molecule has 0 bridgehead atoms. The van der Waals surface area contributed by atoms with Crippen LogP contribution < -0.4 is 24.8 Å². The van der Waals surface area contributed by atoms with Crippen molar-refractivity contribution in [3.05, 3.63) is 95.2 Å². The van der Waals surface area contributed by atoms with Crippen molar-refractivity contribution >= 4 is 40.4 Å². The number of fused-ring (bicyclic) bond motifs is 2. The van der Waals surface area contributed by atoms with Gasteiger partial charge in [0, 0.05) is 66.5 Å². The Hall–Kier alpha value is -6.33. The highest BCUT2D eigenvalue weighted by Crippen LogP contribution is 2.56. The monoisotopic (exact) mass is 787 g/mol. The zero-order chi connectivity index (χ0) is 41.2. The highest BCUT2D eigenvalue weighted by atomic mass is 16.5. The third kappa shape index (κ3) is 7.69. The highest BCUT2D eigenvalue weighted by Gasteiger charge is 2.64. The number of nitriles is 1. The number of pyridine rings is 1. The number of rotatable bonds is 15. The summed E-state index contributed by atoms with van der Waals surface area (Å²) in [6.45, 7) is 9.91. The Morgan fingerprint density at radius 1 is 0.879 bits per heavy atom. The van der Waals surface area contributed by atoms with Crippen molar-refractivity contribution in [1.29, 1.82) is 5.26 Å². The van der Waals surface area contributed by atoms with Crippen molar-refractivity contribution in [3.63, 3.8) is 0 Å². The van der Waals surface area contributed by atoms with Gasteiger partial charge in [0.1, 0.15) is 35.5 Å². The van der Waals surface area contributed by atoms with Gasteiger partial charge >= 0.3 is 0 Å². The van der Waals surface area contributed by atoms with Crippen molar-refractivity contribution in [3.8, 4) is 23.3 Å². The molecular weight excluding hydrogens is 743 g/mol. The van der Waals surface area contributed by atoms with Crippen LogP contribution in [-0.2, 0) is 14.3 Å². The molecule has 2 aliphatic heterocycles. The minimum atomic E-state index is -1.02. The van der Waals surface area contributed by atoms with Crippen molar-refractivity contribution in [2.24, 2.45) is 10.8 Å². The zero-order valence-corrected chi connectivity index (χ0v) is 32.8. The summed E-state index contributed by atoms with van der Waals surface area (Å²) in [7, 11) is 0. The molecular formula is C44H45N5O9. The van der Waals surface area contributed by atoms with Crippen LogP contribution in [0, 0.1) is 22.2 Å². The van der Waals surface area contributed by atoms with E-state index < -0.39 is 40.5 Å². The SMILES string of the molecule is CC1(C)[C@H](NC(=O)c2cccc(OCCCOCCCOc3ccc4c(c3)C(=O)N(C3CCC(=O)NC3=O)C4=O)c2)C(C)(C)[C@H]1Oc1ccc(C#N)c2ncccc12. The van der Waals surface area contributed by atoms with Crippen LogP contribution in [0.1, 0.15) is 90.0 Å². The second kappa shape index (κ2) is 16.3. The Balaban J connectivity index is 0.821. The van der Waals surface area contributed by atoms with Gasteiger partial charge in [-0.25, -0.2) is 0 Å². The van der Waals surface area contributed by atoms with E-state index in [9.17, 15) is 29.2 Å². The fourth-order valence-electron chi connectivity index (χ4n) is 8.55. The van der Waals surface area contributed by atoms with Crippen molar-refractivity contribution in [2.45, 2.75) is 71.6 Å². The fourth-order valence-corrected chi connectivity index (χ4v) is 8.55. The first-order valence-electron chi connectivity index (χ1n) is 19.4. The van der Waals surface area contributed by atoms with E-state index in [-0.39, 0.29) is 42.0 Å². The van der Waals surface area contributed by atoms with Crippen molar-refractivity contribution < 1.29 is 42.9 Å². The minimum absolute atomic E-state index is 0.0551. The molecule has 14 heteroatoms. The molecule has 1 saturated heterocycles. The summed E-state index contributed by atoms with van der Waals surface area (Å²) in [5.74, 6) is -0.798. The lowest BCUT2D eigenvalue weighted by Crippen LogP contribution is -2.74. The van der Waals surface area contributed by atoms with Gasteiger partial charge in [-0.3, -0.25) is 39.2 Å². The topological polar surface area (TPSA) is 186 Å². The van der Waals surface area contributed by atoms with Crippen LogP contribution in [0.5, 0.6) is 17.2 Å². The van der Waals surface area contributed by atoms with Gasteiger partial charge in [0.05, 0.1) is 35.4 Å². The minimum Gasteiger partial charge on any atom is -0.493 e. The van der Waals surface area contributed by atoms with Gasteiger partial charge in [0.25, 0.3) is 17.7 Å². The number of benzene rings is 3. The maximum Gasteiger partial charge on any atom is 0.262 e. The number of nitrogens with one attached hydrogen (secondary N) is 2. The Morgan fingerprint density at radius 3 is 2.29 bits per heavy atom. The molecule has 3 heterocycles. The summed E-state index contributed by atoms with van der Waals surface area (Å²) in [6, 6.07) is 19.9. The van der Waals surface area contributed by atoms with Crippen LogP contribution in [0.25, 0.3) is 10.9 Å². The number of carbonyl (C=O) groups is 5. The van der Waals surface area contributed by atoms with Gasteiger partial charge in [0.2, 0.25) is 11.8 Å². The van der Waals surface area contributed by atoms with Gasteiger partial charge in [-0.05, 0) is 67.1 Å². The molecule has 300 valence electrons. The molecule has 2 N–H and O–H groups in total. The summed E-state index contributed by atoms with van der Waals surface area (Å²) in [5, 5.41) is 15.7. The number of hydrogen-bond acceptors (Lipinski definition) is 11. The number of nitrogens with zero attached hydrogens (tertiary/aromatic N) is 3. The van der Waals surface area contributed by atoms with E-state index in [4.69, 9.17) is 18.9 Å². The highest BCUT2D eigenvalue weighted by molar-refractivity contribution is 6.23. The average Bonchev–Trinajstić information content (AvgIpc) is 3.45. The van der Waals surface area contributed by atoms with Crippen LogP contribution in [0.2, 0.25) is 0 Å². The van der Waals surface area contributed by atoms with Gasteiger partial charge in [0.15, 0.2) is 0 Å². The number of amides is 5. The summed E-state index contributed by atoms with van der Waals surface area (Å²) in [5.41, 5.74) is 1.10. The van der Waals surface area contributed by atoms with E-state index in [1.807, 2.05) is 24.3 Å². The number of imide groups is 2. The summed E-state index contributed by atoms with van der Waals surface area (Å²) in [6.07, 6.45) is 2.78. The third-order valence-corrected chi connectivity index (χ3v) is 11.1. The largest absolute Gasteiger partial charge is 0.493 e. The Kier molecular flexibility index (Phi) is 11.2. The molecule has 1 saturated carbocycles. The van der Waals surface area contributed by atoms with E-state index in [0.717, 1.165) is 10.3 Å². The smallest absolute Gasteiger partial charge is 0.262 e. The molecule has 0 spiro atoms. The van der Waals surface area contributed by atoms with Crippen LogP contribution in [0.4, 0.5) is 0 Å². The van der Waals surface area contributed by atoms with E-state index in [0.29, 0.717) is 73.2 Å². The lowest BCUT2D eigenvalue weighted by molar-refractivity contribution is -0.163. The lowest BCUT2D eigenvalue weighted by atomic mass is 9.49. The fraction of sp³-hybridized carbons (Fsp3) is 0.386. The second-order valence-electron chi connectivity index (χ2n) is 15.9. The molecule has 2 fully saturated rings. The summed E-state index contributed by atoms with van der Waals surface area (Å²) >= 11 is 0. The molecule has 1 aliphatic carbocycles. The molecule has 58 heavy (non-hydrogen) atoms. The average molecular weight is 788 g/mol. The van der Waals surface area contributed by atoms with Gasteiger partial charge in [-0.2, -0.15) is 5.26 Å². The molecule has 14 nitrogen and oxygen atoms in total. The molecule has 5 amide bonds. The standard InChI is InChI=1S/C44H45N5O9/c1-43(2)41(44(3,4)42(43)58-34-16-12-27(25-45)36-31(34)11-6-18-46-36)48-37(51)26-9-5-10-28(23-26)56-21-7-19-55-20-8-22-57-29-13-14-30-32(24-29)40(54)49(39(30)53)33-15-17-35(50)47-38(33)52/h5-6,9-14,16,18,23-24,33,41-42H,7-8,15,17,19-22H2,1-4H3,(H,48,51)(H,47,50,52)/t33?,41-,42-. The van der Waals surface area contributed by atoms with Crippen LogP contribution in [-0.4, -0.2) is 84.0 Å². The van der Waals surface area contributed by atoms with E-state index >= 15 is 0 Å². The van der Waals surface area contributed by atoms with Crippen molar-refractivity contribution in [2.75, 3.05) is 26.4 Å². The van der Waals surface area contributed by atoms with E-state index in [2.05, 4.69) is 49.4 Å². The first-order chi connectivity index (χ1) is 27.8. The van der Waals surface area contributed by atoms with Gasteiger partial charge in [-0.15, -0.1) is 0 Å². The Morgan fingerprint density at radius 2 is 1.59 bits per heavy atom. The molecule has 7 rings (SSSR count). The molecule has 1 unspecified atom stereocenters. The maximum atomic E-state index is 13.5. The normalized spacial score (nSPS) is 20.5. The van der Waals surface area contributed by atoms with E-state index in [1.165, 1.54) is 12.1 Å². The number of carbonyl (C=O) groups excluding carboxylic acids is 5. The zero-order valence-electron chi connectivity index (χ0n) is 32.8.